The van der Waals surface area contributed by atoms with Crippen molar-refractivity contribution in [2.75, 3.05) is 40.3 Å². The number of rotatable bonds is 8. The number of nitrogens with zero attached hydrogens (tertiary/aromatic N) is 2. The first-order chi connectivity index (χ1) is 9.22. The first-order valence-electron chi connectivity index (χ1n) is 6.91. The van der Waals surface area contributed by atoms with Gasteiger partial charge in [-0.3, -0.25) is 4.99 Å². The van der Waals surface area contributed by atoms with E-state index in [9.17, 15) is 0 Å². The Labute approximate surface area is 139 Å². The molecule has 0 unspecified atom stereocenters. The zero-order valence-corrected chi connectivity index (χ0v) is 15.0. The van der Waals surface area contributed by atoms with Crippen LogP contribution in [0, 0.1) is 0 Å². The molecule has 20 heavy (non-hydrogen) atoms. The largest absolute Gasteiger partial charge is 0.469 e. The zero-order chi connectivity index (χ0) is 13.9. The summed E-state index contributed by atoms with van der Waals surface area (Å²) >= 11 is 0. The molecular formula is C14H27IN4O. The molecule has 5 nitrogen and oxygen atoms in total. The SMILES string of the molecule is CCNC(=NCCCN(C)C)NCCc1ccco1.I. The summed E-state index contributed by atoms with van der Waals surface area (Å²) in [6.45, 7) is 5.68. The number of furan rings is 1. The van der Waals surface area contributed by atoms with Gasteiger partial charge in [0.25, 0.3) is 0 Å². The maximum absolute atomic E-state index is 5.29. The Morgan fingerprint density at radius 1 is 1.35 bits per heavy atom. The quantitative estimate of drug-likeness (QED) is 0.306. The van der Waals surface area contributed by atoms with Crippen LogP contribution in [0.15, 0.2) is 27.8 Å². The smallest absolute Gasteiger partial charge is 0.191 e. The van der Waals surface area contributed by atoms with E-state index in [2.05, 4.69) is 41.5 Å². The van der Waals surface area contributed by atoms with Crippen LogP contribution in [0.4, 0.5) is 0 Å². The molecule has 0 saturated carbocycles. The highest BCUT2D eigenvalue weighted by Gasteiger charge is 1.99. The summed E-state index contributed by atoms with van der Waals surface area (Å²) in [5, 5.41) is 6.56. The van der Waals surface area contributed by atoms with Gasteiger partial charge in [0.2, 0.25) is 0 Å². The molecule has 0 aliphatic carbocycles. The normalized spacial score (nSPS) is 11.3. The molecule has 0 saturated heterocycles. The van der Waals surface area contributed by atoms with Crippen molar-refractivity contribution in [1.29, 1.82) is 0 Å². The van der Waals surface area contributed by atoms with E-state index in [0.29, 0.717) is 0 Å². The molecule has 0 amide bonds. The van der Waals surface area contributed by atoms with E-state index in [1.54, 1.807) is 6.26 Å². The molecule has 1 heterocycles. The maximum atomic E-state index is 5.29. The standard InChI is InChI=1S/C14H26N4O.HI/c1-4-15-14(16-9-6-11-18(2)3)17-10-8-13-7-5-12-19-13;/h5,7,12H,4,6,8-11H2,1-3H3,(H2,15,16,17);1H. The Kier molecular flexibility index (Phi) is 11.6. The average molecular weight is 394 g/mol. The van der Waals surface area contributed by atoms with Gasteiger partial charge in [0, 0.05) is 26.1 Å². The van der Waals surface area contributed by atoms with E-state index in [1.165, 1.54) is 0 Å². The van der Waals surface area contributed by atoms with Gasteiger partial charge in [0.1, 0.15) is 5.76 Å². The fourth-order valence-corrected chi connectivity index (χ4v) is 1.68. The van der Waals surface area contributed by atoms with E-state index in [0.717, 1.165) is 50.7 Å². The zero-order valence-electron chi connectivity index (χ0n) is 12.7. The van der Waals surface area contributed by atoms with Gasteiger partial charge in [0.15, 0.2) is 5.96 Å². The van der Waals surface area contributed by atoms with Crippen LogP contribution in [0.5, 0.6) is 0 Å². The molecule has 0 aromatic carbocycles. The summed E-state index contributed by atoms with van der Waals surface area (Å²) in [6.07, 6.45) is 3.65. The molecule has 0 aliphatic heterocycles. The van der Waals surface area contributed by atoms with E-state index in [1.807, 2.05) is 12.1 Å². The highest BCUT2D eigenvalue weighted by atomic mass is 127. The summed E-state index contributed by atoms with van der Waals surface area (Å²) < 4.78 is 5.29. The van der Waals surface area contributed by atoms with E-state index >= 15 is 0 Å². The maximum Gasteiger partial charge on any atom is 0.191 e. The number of guanidine groups is 1. The third-order valence-electron chi connectivity index (χ3n) is 2.62. The van der Waals surface area contributed by atoms with Crippen LogP contribution < -0.4 is 10.6 Å². The molecule has 0 fully saturated rings. The van der Waals surface area contributed by atoms with Crippen LogP contribution in [-0.4, -0.2) is 51.1 Å². The lowest BCUT2D eigenvalue weighted by Crippen LogP contribution is -2.38. The average Bonchev–Trinajstić information content (AvgIpc) is 2.87. The lowest BCUT2D eigenvalue weighted by Gasteiger charge is -2.11. The monoisotopic (exact) mass is 394 g/mol. The third-order valence-corrected chi connectivity index (χ3v) is 2.62. The van der Waals surface area contributed by atoms with Gasteiger partial charge in [-0.15, -0.1) is 24.0 Å². The van der Waals surface area contributed by atoms with E-state index < -0.39 is 0 Å². The topological polar surface area (TPSA) is 52.8 Å². The van der Waals surface area contributed by atoms with Crippen LogP contribution in [0.3, 0.4) is 0 Å². The van der Waals surface area contributed by atoms with Crippen molar-refractivity contribution in [3.05, 3.63) is 24.2 Å². The van der Waals surface area contributed by atoms with E-state index in [4.69, 9.17) is 4.42 Å². The first-order valence-corrected chi connectivity index (χ1v) is 6.91. The van der Waals surface area contributed by atoms with Crippen LogP contribution in [0.2, 0.25) is 0 Å². The molecule has 0 bridgehead atoms. The minimum absolute atomic E-state index is 0. The second kappa shape index (κ2) is 12.0. The minimum Gasteiger partial charge on any atom is -0.469 e. The first kappa shape index (κ1) is 19.2. The summed E-state index contributed by atoms with van der Waals surface area (Å²) in [5.74, 6) is 1.88. The molecule has 6 heteroatoms. The molecule has 2 N–H and O–H groups in total. The van der Waals surface area contributed by atoms with Crippen LogP contribution >= 0.6 is 24.0 Å². The Balaban J connectivity index is 0.00000361. The molecule has 116 valence electrons. The van der Waals surface area contributed by atoms with Crippen molar-refractivity contribution in [3.63, 3.8) is 0 Å². The van der Waals surface area contributed by atoms with Gasteiger partial charge >= 0.3 is 0 Å². The second-order valence-electron chi connectivity index (χ2n) is 4.67. The van der Waals surface area contributed by atoms with Gasteiger partial charge in [0.05, 0.1) is 6.26 Å². The number of halogens is 1. The number of nitrogens with one attached hydrogen (secondary N) is 2. The molecule has 1 aromatic heterocycles. The van der Waals surface area contributed by atoms with Gasteiger partial charge in [-0.2, -0.15) is 0 Å². The summed E-state index contributed by atoms with van der Waals surface area (Å²) in [5.41, 5.74) is 0. The van der Waals surface area contributed by atoms with Crippen molar-refractivity contribution in [3.8, 4) is 0 Å². The fraction of sp³-hybridized carbons (Fsp3) is 0.643. The Bertz CT molecular complexity index is 352. The highest BCUT2D eigenvalue weighted by Crippen LogP contribution is 1.99. The molecule has 1 rings (SSSR count). The minimum atomic E-state index is 0. The van der Waals surface area contributed by atoms with Gasteiger partial charge in [-0.1, -0.05) is 0 Å². The molecular weight excluding hydrogens is 367 g/mol. The van der Waals surface area contributed by atoms with Gasteiger partial charge in [-0.25, -0.2) is 0 Å². The van der Waals surface area contributed by atoms with Crippen molar-refractivity contribution >= 4 is 29.9 Å². The Morgan fingerprint density at radius 2 is 2.15 bits per heavy atom. The van der Waals surface area contributed by atoms with Crippen molar-refractivity contribution in [1.82, 2.24) is 15.5 Å². The Hall–Kier alpha value is -0.760. The molecule has 0 aliphatic rings. The number of hydrogen-bond donors (Lipinski definition) is 2. The summed E-state index contributed by atoms with van der Waals surface area (Å²) in [6, 6.07) is 3.90. The fourth-order valence-electron chi connectivity index (χ4n) is 1.68. The van der Waals surface area contributed by atoms with Gasteiger partial charge < -0.3 is 20.0 Å². The van der Waals surface area contributed by atoms with Crippen LogP contribution in [0.25, 0.3) is 0 Å². The number of aliphatic imine (C=N–C) groups is 1. The van der Waals surface area contributed by atoms with Crippen LogP contribution in [-0.2, 0) is 6.42 Å². The molecule has 0 spiro atoms. The van der Waals surface area contributed by atoms with E-state index in [-0.39, 0.29) is 24.0 Å². The predicted octanol–water partition coefficient (Wildman–Crippen LogP) is 1.95. The number of hydrogen-bond acceptors (Lipinski definition) is 3. The predicted molar refractivity (Wildman–Crippen MR) is 95.0 cm³/mol. The molecule has 1 aromatic rings. The molecule has 0 atom stereocenters. The summed E-state index contributed by atoms with van der Waals surface area (Å²) in [7, 11) is 4.16. The second-order valence-corrected chi connectivity index (χ2v) is 4.67. The Morgan fingerprint density at radius 3 is 2.75 bits per heavy atom. The molecule has 0 radical (unpaired) electrons. The van der Waals surface area contributed by atoms with Crippen molar-refractivity contribution in [2.45, 2.75) is 19.8 Å². The third kappa shape index (κ3) is 9.19. The van der Waals surface area contributed by atoms with Crippen molar-refractivity contribution in [2.24, 2.45) is 4.99 Å². The highest BCUT2D eigenvalue weighted by molar-refractivity contribution is 14.0. The van der Waals surface area contributed by atoms with Crippen LogP contribution in [0.1, 0.15) is 19.1 Å². The summed E-state index contributed by atoms with van der Waals surface area (Å²) in [4.78, 5) is 6.71. The van der Waals surface area contributed by atoms with Gasteiger partial charge in [-0.05, 0) is 46.1 Å². The van der Waals surface area contributed by atoms with Crippen molar-refractivity contribution < 1.29 is 4.42 Å². The lowest BCUT2D eigenvalue weighted by molar-refractivity contribution is 0.403. The lowest BCUT2D eigenvalue weighted by atomic mass is 10.3.